The molecule has 18 heavy (non-hydrogen) atoms. The molecule has 1 fully saturated rings. The van der Waals surface area contributed by atoms with Crippen LogP contribution in [0, 0.1) is 17.6 Å². The summed E-state index contributed by atoms with van der Waals surface area (Å²) in [7, 11) is 0. The molecule has 1 aliphatic heterocycles. The number of benzene rings is 1. The van der Waals surface area contributed by atoms with Crippen LogP contribution in [0.1, 0.15) is 38.2 Å². The van der Waals surface area contributed by atoms with Gasteiger partial charge in [0.15, 0.2) is 0 Å². The third-order valence-electron chi connectivity index (χ3n) is 3.32. The van der Waals surface area contributed by atoms with Crippen LogP contribution in [-0.4, -0.2) is 11.9 Å². The second-order valence-electron chi connectivity index (χ2n) is 5.28. The average molecular weight is 253 g/mol. The largest absolute Gasteiger partial charge is 0.353 e. The molecule has 0 aliphatic carbocycles. The summed E-state index contributed by atoms with van der Waals surface area (Å²) < 4.78 is 27.0. The van der Waals surface area contributed by atoms with E-state index < -0.39 is 11.6 Å². The van der Waals surface area contributed by atoms with E-state index in [9.17, 15) is 13.6 Å². The van der Waals surface area contributed by atoms with Gasteiger partial charge in [0.1, 0.15) is 11.6 Å². The fourth-order valence-electron chi connectivity index (χ4n) is 2.56. The van der Waals surface area contributed by atoms with Crippen LogP contribution in [0.5, 0.6) is 0 Å². The molecule has 2 atom stereocenters. The number of carbonyl (C=O) groups is 1. The number of hydrogen-bond acceptors (Lipinski definition) is 1. The van der Waals surface area contributed by atoms with Gasteiger partial charge in [-0.3, -0.25) is 4.79 Å². The van der Waals surface area contributed by atoms with Gasteiger partial charge in [0, 0.05) is 18.4 Å². The minimum Gasteiger partial charge on any atom is -0.353 e. The van der Waals surface area contributed by atoms with Crippen molar-refractivity contribution in [3.63, 3.8) is 0 Å². The van der Waals surface area contributed by atoms with Gasteiger partial charge in [0.25, 0.3) is 0 Å². The summed E-state index contributed by atoms with van der Waals surface area (Å²) in [5, 5.41) is 2.85. The Bertz CT molecular complexity index is 459. The van der Waals surface area contributed by atoms with Crippen LogP contribution in [0.3, 0.4) is 0 Å². The lowest BCUT2D eigenvalue weighted by Gasteiger charge is -2.21. The first-order valence-electron chi connectivity index (χ1n) is 6.21. The maximum absolute atomic E-state index is 13.8. The zero-order chi connectivity index (χ0) is 13.3. The van der Waals surface area contributed by atoms with E-state index in [0.717, 1.165) is 18.6 Å². The lowest BCUT2D eigenvalue weighted by atomic mass is 9.87. The number of carbonyl (C=O) groups excluding carboxylic acids is 1. The van der Waals surface area contributed by atoms with Crippen LogP contribution >= 0.6 is 0 Å². The van der Waals surface area contributed by atoms with Gasteiger partial charge in [-0.15, -0.1) is 0 Å². The standard InChI is InChI=1S/C14H17F2NO/c1-8(2)5-13-11(7-14(18)17-13)10-6-9(15)3-4-12(10)16/h3-4,6,8,11,13H,5,7H2,1-2H3,(H,17,18). The molecule has 2 nitrogen and oxygen atoms in total. The molecule has 1 aromatic rings. The van der Waals surface area contributed by atoms with Gasteiger partial charge in [-0.2, -0.15) is 0 Å². The molecule has 1 saturated heterocycles. The Kier molecular flexibility index (Phi) is 3.64. The molecule has 1 heterocycles. The van der Waals surface area contributed by atoms with Crippen LogP contribution < -0.4 is 5.32 Å². The van der Waals surface area contributed by atoms with Crippen molar-refractivity contribution in [2.75, 3.05) is 0 Å². The maximum Gasteiger partial charge on any atom is 0.220 e. The van der Waals surface area contributed by atoms with Crippen molar-refractivity contribution < 1.29 is 13.6 Å². The minimum atomic E-state index is -0.464. The average Bonchev–Trinajstić information content (AvgIpc) is 2.62. The van der Waals surface area contributed by atoms with E-state index in [1.807, 2.05) is 13.8 Å². The van der Waals surface area contributed by atoms with E-state index in [-0.39, 0.29) is 24.3 Å². The highest BCUT2D eigenvalue weighted by Crippen LogP contribution is 2.33. The monoisotopic (exact) mass is 253 g/mol. The molecule has 98 valence electrons. The highest BCUT2D eigenvalue weighted by atomic mass is 19.1. The molecule has 1 amide bonds. The van der Waals surface area contributed by atoms with Gasteiger partial charge >= 0.3 is 0 Å². The number of nitrogens with one attached hydrogen (secondary N) is 1. The normalized spacial score (nSPS) is 23.5. The van der Waals surface area contributed by atoms with Crippen molar-refractivity contribution in [1.29, 1.82) is 0 Å². The first-order chi connectivity index (χ1) is 8.47. The van der Waals surface area contributed by atoms with Gasteiger partial charge in [-0.1, -0.05) is 13.8 Å². The van der Waals surface area contributed by atoms with Crippen molar-refractivity contribution in [2.24, 2.45) is 5.92 Å². The molecule has 0 bridgehead atoms. The third-order valence-corrected chi connectivity index (χ3v) is 3.32. The number of rotatable bonds is 3. The fraction of sp³-hybridized carbons (Fsp3) is 0.500. The first-order valence-corrected chi connectivity index (χ1v) is 6.21. The van der Waals surface area contributed by atoms with Crippen molar-refractivity contribution in [3.8, 4) is 0 Å². The molecular formula is C14H17F2NO. The molecule has 0 spiro atoms. The summed E-state index contributed by atoms with van der Waals surface area (Å²) in [4.78, 5) is 11.5. The lowest BCUT2D eigenvalue weighted by Crippen LogP contribution is -2.30. The Hall–Kier alpha value is -1.45. The Morgan fingerprint density at radius 2 is 2.11 bits per heavy atom. The summed E-state index contributed by atoms with van der Waals surface area (Å²) in [6.07, 6.45) is 1.00. The fourth-order valence-corrected chi connectivity index (χ4v) is 2.56. The van der Waals surface area contributed by atoms with Crippen LogP contribution in [0.4, 0.5) is 8.78 Å². The Balaban J connectivity index is 2.29. The van der Waals surface area contributed by atoms with Gasteiger partial charge in [0.05, 0.1) is 0 Å². The van der Waals surface area contributed by atoms with Crippen molar-refractivity contribution in [2.45, 2.75) is 38.6 Å². The van der Waals surface area contributed by atoms with E-state index in [0.29, 0.717) is 11.5 Å². The van der Waals surface area contributed by atoms with Crippen LogP contribution in [0.25, 0.3) is 0 Å². The summed E-state index contributed by atoms with van der Waals surface area (Å²) in [5.41, 5.74) is 0.305. The second-order valence-corrected chi connectivity index (χ2v) is 5.28. The van der Waals surface area contributed by atoms with Gasteiger partial charge in [-0.25, -0.2) is 8.78 Å². The highest BCUT2D eigenvalue weighted by Gasteiger charge is 2.35. The molecule has 4 heteroatoms. The Morgan fingerprint density at radius 1 is 1.39 bits per heavy atom. The predicted molar refractivity (Wildman–Crippen MR) is 65.1 cm³/mol. The van der Waals surface area contributed by atoms with E-state index in [2.05, 4.69) is 5.32 Å². The van der Waals surface area contributed by atoms with Gasteiger partial charge in [-0.05, 0) is 36.1 Å². The first kappa shape index (κ1) is 13.0. The van der Waals surface area contributed by atoms with Crippen LogP contribution in [-0.2, 0) is 4.79 Å². The van der Waals surface area contributed by atoms with Crippen LogP contribution in [0.2, 0.25) is 0 Å². The molecule has 2 unspecified atom stereocenters. The molecular weight excluding hydrogens is 236 g/mol. The van der Waals surface area contributed by atoms with E-state index in [4.69, 9.17) is 0 Å². The number of halogens is 2. The quantitative estimate of drug-likeness (QED) is 0.881. The molecule has 0 radical (unpaired) electrons. The third kappa shape index (κ3) is 2.68. The van der Waals surface area contributed by atoms with E-state index in [1.165, 1.54) is 6.07 Å². The predicted octanol–water partition coefficient (Wildman–Crippen LogP) is 2.98. The van der Waals surface area contributed by atoms with Crippen molar-refractivity contribution >= 4 is 5.91 Å². The van der Waals surface area contributed by atoms with Crippen molar-refractivity contribution in [1.82, 2.24) is 5.32 Å². The zero-order valence-electron chi connectivity index (χ0n) is 10.5. The minimum absolute atomic E-state index is 0.0886. The lowest BCUT2D eigenvalue weighted by molar-refractivity contribution is -0.119. The Morgan fingerprint density at radius 3 is 2.78 bits per heavy atom. The highest BCUT2D eigenvalue weighted by molar-refractivity contribution is 5.80. The van der Waals surface area contributed by atoms with Crippen molar-refractivity contribution in [3.05, 3.63) is 35.4 Å². The molecule has 1 aromatic carbocycles. The molecule has 0 aromatic heterocycles. The zero-order valence-corrected chi connectivity index (χ0v) is 10.5. The SMILES string of the molecule is CC(C)CC1NC(=O)CC1c1cc(F)ccc1F. The Labute approximate surface area is 105 Å². The smallest absolute Gasteiger partial charge is 0.220 e. The summed E-state index contributed by atoms with van der Waals surface area (Å²) in [5.74, 6) is -0.863. The summed E-state index contributed by atoms with van der Waals surface area (Å²) in [6.45, 7) is 4.09. The maximum atomic E-state index is 13.8. The van der Waals surface area contributed by atoms with E-state index in [1.54, 1.807) is 0 Å². The molecule has 1 N–H and O–H groups in total. The topological polar surface area (TPSA) is 29.1 Å². The molecule has 0 saturated carbocycles. The molecule has 2 rings (SSSR count). The van der Waals surface area contributed by atoms with Gasteiger partial charge in [0.2, 0.25) is 5.91 Å². The summed E-state index contributed by atoms with van der Waals surface area (Å²) >= 11 is 0. The van der Waals surface area contributed by atoms with Crippen LogP contribution in [0.15, 0.2) is 18.2 Å². The second kappa shape index (κ2) is 5.04. The number of hydrogen-bond donors (Lipinski definition) is 1. The van der Waals surface area contributed by atoms with Gasteiger partial charge < -0.3 is 5.32 Å². The van der Waals surface area contributed by atoms with E-state index >= 15 is 0 Å². The molecule has 1 aliphatic rings. The number of amides is 1. The summed E-state index contributed by atoms with van der Waals surface area (Å²) in [6, 6.07) is 3.32.